The van der Waals surface area contributed by atoms with Gasteiger partial charge in [0.25, 0.3) is 0 Å². The molecule has 1 saturated heterocycles. The van der Waals surface area contributed by atoms with Crippen LogP contribution in [0.2, 0.25) is 0 Å². The average Bonchev–Trinajstić information content (AvgIpc) is 3.33. The smallest absolute Gasteiger partial charge is 0.350 e. The number of carbonyl (C=O) groups excluding carboxylic acids is 3. The van der Waals surface area contributed by atoms with Gasteiger partial charge in [-0.2, -0.15) is 18.4 Å². The first-order valence-electron chi connectivity index (χ1n) is 12.2. The van der Waals surface area contributed by atoms with Gasteiger partial charge >= 0.3 is 12.1 Å². The summed E-state index contributed by atoms with van der Waals surface area (Å²) in [4.78, 5) is 38.2. The first kappa shape index (κ1) is 32.4. The second kappa shape index (κ2) is 13.8. The van der Waals surface area contributed by atoms with E-state index in [-0.39, 0.29) is 11.3 Å². The van der Waals surface area contributed by atoms with Crippen LogP contribution in [0.1, 0.15) is 53.1 Å². The maximum Gasteiger partial charge on any atom is 0.471 e. The third-order valence-corrected chi connectivity index (χ3v) is 5.92. The Morgan fingerprint density at radius 1 is 1.29 bits per heavy atom. The Morgan fingerprint density at radius 3 is 2.37 bits per heavy atom. The van der Waals surface area contributed by atoms with Crippen molar-refractivity contribution >= 4 is 29.1 Å². The van der Waals surface area contributed by atoms with Crippen LogP contribution in [0.5, 0.6) is 0 Å². The number of halogens is 3. The van der Waals surface area contributed by atoms with Crippen LogP contribution in [0.25, 0.3) is 10.9 Å². The van der Waals surface area contributed by atoms with Crippen molar-refractivity contribution in [3.05, 3.63) is 30.2 Å². The van der Waals surface area contributed by atoms with Crippen LogP contribution in [0.15, 0.2) is 24.7 Å². The fourth-order valence-electron chi connectivity index (χ4n) is 3.61. The van der Waals surface area contributed by atoms with Crippen LogP contribution in [-0.2, 0) is 21.4 Å². The number of rotatable bonds is 5. The highest BCUT2D eigenvalue weighted by Crippen LogP contribution is 2.34. The minimum absolute atomic E-state index is 0.0519. The fraction of sp³-hybridized carbons (Fsp3) is 0.577. The number of likely N-dealkylation sites (tertiary alicyclic amines) is 1. The maximum absolute atomic E-state index is 11.9. The predicted molar refractivity (Wildman–Crippen MR) is 137 cm³/mol. The Kier molecular flexibility index (Phi) is 11.8. The second-order valence-electron chi connectivity index (χ2n) is 10.5. The summed E-state index contributed by atoms with van der Waals surface area (Å²) in [6.45, 7) is 12.9. The number of hydrogen-bond acceptors (Lipinski definition) is 5. The monoisotopic (exact) mass is 538 g/mol. The van der Waals surface area contributed by atoms with Crippen LogP contribution in [0.4, 0.5) is 13.2 Å². The molecule has 3 heterocycles. The second-order valence-corrected chi connectivity index (χ2v) is 10.5. The number of nitrogens with one attached hydrogen (secondary N) is 2. The van der Waals surface area contributed by atoms with Crippen LogP contribution in [-0.4, -0.2) is 58.5 Å². The fourth-order valence-corrected chi connectivity index (χ4v) is 3.61. The van der Waals surface area contributed by atoms with E-state index in [9.17, 15) is 27.6 Å². The maximum atomic E-state index is 11.9. The summed E-state index contributed by atoms with van der Waals surface area (Å²) in [5.74, 6) is -1.45. The molecule has 1 unspecified atom stereocenters. The summed E-state index contributed by atoms with van der Waals surface area (Å²) in [7, 11) is 1.89. The van der Waals surface area contributed by atoms with Crippen molar-refractivity contribution < 1.29 is 27.6 Å². The number of nitrogens with zero attached hydrogens (tertiary/aromatic N) is 4. The number of fused-ring (bicyclic) bond motifs is 1. The van der Waals surface area contributed by atoms with E-state index in [0.29, 0.717) is 25.1 Å². The van der Waals surface area contributed by atoms with Crippen LogP contribution >= 0.6 is 0 Å². The summed E-state index contributed by atoms with van der Waals surface area (Å²) in [6, 6.07) is 3.29. The lowest BCUT2D eigenvalue weighted by molar-refractivity contribution is -0.174. The van der Waals surface area contributed by atoms with Gasteiger partial charge in [0.15, 0.2) is 0 Å². The van der Waals surface area contributed by atoms with Crippen molar-refractivity contribution in [1.29, 1.82) is 5.26 Å². The summed E-state index contributed by atoms with van der Waals surface area (Å²) in [5, 5.41) is 14.0. The summed E-state index contributed by atoms with van der Waals surface area (Å²) in [6.07, 6.45) is 0.805. The van der Waals surface area contributed by atoms with Crippen LogP contribution in [0, 0.1) is 28.6 Å². The topological polar surface area (TPSA) is 120 Å². The average molecular weight is 539 g/mol. The molecule has 3 amide bonds. The lowest BCUT2D eigenvalue weighted by atomic mass is 9.84. The minimum atomic E-state index is -4.95. The molecule has 0 aliphatic carbocycles. The largest absolute Gasteiger partial charge is 0.471 e. The third kappa shape index (κ3) is 9.36. The molecule has 2 N–H and O–H groups in total. The van der Waals surface area contributed by atoms with Gasteiger partial charge in [-0.25, -0.2) is 0 Å². The Hall–Kier alpha value is -3.62. The SMILES string of the molecule is CC(C)C.C[C@H]1CN(C(=O)CNC(=O)C(F)(F)F)CC1(C)C.Cn1ccc2cncc(C(C#N)NC=O)c21. The molecule has 1 fully saturated rings. The molecule has 1 aliphatic heterocycles. The Morgan fingerprint density at radius 2 is 1.89 bits per heavy atom. The quantitative estimate of drug-likeness (QED) is 0.563. The van der Waals surface area contributed by atoms with E-state index in [1.54, 1.807) is 17.7 Å². The zero-order chi connectivity index (χ0) is 29.3. The van der Waals surface area contributed by atoms with Crippen molar-refractivity contribution in [3.8, 4) is 6.07 Å². The van der Waals surface area contributed by atoms with Gasteiger partial charge in [0.1, 0.15) is 6.04 Å². The Balaban J connectivity index is 0.000000335. The van der Waals surface area contributed by atoms with E-state index in [1.165, 1.54) is 4.90 Å². The third-order valence-electron chi connectivity index (χ3n) is 5.92. The van der Waals surface area contributed by atoms with Gasteiger partial charge < -0.3 is 20.1 Å². The lowest BCUT2D eigenvalue weighted by Crippen LogP contribution is -2.44. The van der Waals surface area contributed by atoms with E-state index in [4.69, 9.17) is 5.26 Å². The summed E-state index contributed by atoms with van der Waals surface area (Å²) >= 11 is 0. The Bertz CT molecular complexity index is 1130. The molecule has 0 bridgehead atoms. The van der Waals surface area contributed by atoms with E-state index < -0.39 is 30.6 Å². The van der Waals surface area contributed by atoms with E-state index in [1.807, 2.05) is 50.7 Å². The zero-order valence-corrected chi connectivity index (χ0v) is 22.9. The first-order valence-corrected chi connectivity index (χ1v) is 12.2. The van der Waals surface area contributed by atoms with Crippen molar-refractivity contribution in [1.82, 2.24) is 25.1 Å². The highest BCUT2D eigenvalue weighted by Gasteiger charge is 2.41. The van der Waals surface area contributed by atoms with Crippen molar-refractivity contribution in [3.63, 3.8) is 0 Å². The molecule has 38 heavy (non-hydrogen) atoms. The van der Waals surface area contributed by atoms with Crippen molar-refractivity contribution in [2.75, 3.05) is 19.6 Å². The van der Waals surface area contributed by atoms with E-state index >= 15 is 0 Å². The number of alkyl halides is 3. The number of hydrogen-bond donors (Lipinski definition) is 2. The van der Waals surface area contributed by atoms with Gasteiger partial charge in [0.2, 0.25) is 12.3 Å². The van der Waals surface area contributed by atoms with Crippen LogP contribution < -0.4 is 10.6 Å². The van der Waals surface area contributed by atoms with Gasteiger partial charge in [-0.05, 0) is 23.3 Å². The number of amides is 3. The molecule has 210 valence electrons. The molecule has 9 nitrogen and oxygen atoms in total. The summed E-state index contributed by atoms with van der Waals surface area (Å²) in [5.41, 5.74) is 1.57. The molecule has 12 heteroatoms. The molecule has 2 aromatic heterocycles. The molecular weight excluding hydrogens is 501 g/mol. The van der Waals surface area contributed by atoms with Crippen molar-refractivity contribution in [2.24, 2.45) is 24.3 Å². The number of carbonyl (C=O) groups is 3. The van der Waals surface area contributed by atoms with Crippen molar-refractivity contribution in [2.45, 2.75) is 53.8 Å². The van der Waals surface area contributed by atoms with Crippen LogP contribution in [0.3, 0.4) is 0 Å². The molecular formula is C26H37F3N6O3. The molecule has 1 aliphatic rings. The Labute approximate surface area is 221 Å². The number of aryl methyl sites for hydroxylation is 1. The zero-order valence-electron chi connectivity index (χ0n) is 22.9. The highest BCUT2D eigenvalue weighted by molar-refractivity contribution is 5.87. The van der Waals surface area contributed by atoms with Gasteiger partial charge in [-0.15, -0.1) is 0 Å². The molecule has 0 aromatic carbocycles. The van der Waals surface area contributed by atoms with Gasteiger partial charge in [0.05, 0.1) is 18.1 Å². The summed E-state index contributed by atoms with van der Waals surface area (Å²) < 4.78 is 37.7. The molecule has 0 spiro atoms. The molecule has 2 aromatic rings. The molecule has 0 radical (unpaired) electrons. The van der Waals surface area contributed by atoms with Gasteiger partial charge in [0, 0.05) is 49.7 Å². The van der Waals surface area contributed by atoms with E-state index in [2.05, 4.69) is 31.1 Å². The van der Waals surface area contributed by atoms with E-state index in [0.717, 1.165) is 16.8 Å². The highest BCUT2D eigenvalue weighted by atomic mass is 19.4. The minimum Gasteiger partial charge on any atom is -0.350 e. The van der Waals surface area contributed by atoms with Gasteiger partial charge in [-0.3, -0.25) is 19.4 Å². The molecule has 2 atom stereocenters. The molecule has 3 rings (SSSR count). The van der Waals surface area contributed by atoms with Gasteiger partial charge in [-0.1, -0.05) is 41.5 Å². The normalized spacial score (nSPS) is 16.9. The molecule has 0 saturated carbocycles. The number of aromatic nitrogens is 2. The first-order chi connectivity index (χ1) is 17.5. The standard InChI is InChI=1S/C11H17F3N2O2.C11H10N4O.C4H10/c1-7-5-16(6-10(7,2)3)8(17)4-15-9(18)11(12,13)14;1-15-3-2-8-5-13-6-9(11(8)15)10(4-12)14-7-16;1-4(2)3/h7H,4-6H2,1-3H3,(H,15,18);2-3,5-7,10H,1H3,(H,14,16);4H,1-3H3/t7-;;/m0../s1. The number of nitriles is 1. The predicted octanol–water partition coefficient (Wildman–Crippen LogP) is 3.72. The lowest BCUT2D eigenvalue weighted by Gasteiger charge is -2.22. The number of pyridine rings is 1.